The number of carbonyl (C=O) groups is 1. The van der Waals surface area contributed by atoms with E-state index >= 15 is 0 Å². The molecule has 7 nitrogen and oxygen atoms in total. The van der Waals surface area contributed by atoms with Gasteiger partial charge in [-0.3, -0.25) is 9.78 Å². The summed E-state index contributed by atoms with van der Waals surface area (Å²) in [6, 6.07) is 5.26. The van der Waals surface area contributed by atoms with Gasteiger partial charge in [0.2, 0.25) is 5.91 Å². The highest BCUT2D eigenvalue weighted by Crippen LogP contribution is 2.53. The van der Waals surface area contributed by atoms with E-state index in [4.69, 9.17) is 5.73 Å². The van der Waals surface area contributed by atoms with E-state index in [2.05, 4.69) is 25.3 Å². The summed E-state index contributed by atoms with van der Waals surface area (Å²) < 4.78 is 15.0. The second-order valence-electron chi connectivity index (χ2n) is 8.04. The zero-order valence-electron chi connectivity index (χ0n) is 17.1. The van der Waals surface area contributed by atoms with Gasteiger partial charge in [0.15, 0.2) is 5.82 Å². The van der Waals surface area contributed by atoms with Crippen molar-refractivity contribution >= 4 is 28.2 Å². The number of hydrogen-bond donors (Lipinski definition) is 3. The van der Waals surface area contributed by atoms with E-state index in [0.29, 0.717) is 27.7 Å². The Morgan fingerprint density at radius 1 is 1.19 bits per heavy atom. The van der Waals surface area contributed by atoms with Crippen molar-refractivity contribution in [3.8, 4) is 11.1 Å². The van der Waals surface area contributed by atoms with Crippen LogP contribution in [0.1, 0.15) is 24.1 Å². The normalized spacial score (nSPS) is 20.0. The molecule has 1 saturated carbocycles. The molecule has 5 rings (SSSR count). The minimum absolute atomic E-state index is 0.0243. The summed E-state index contributed by atoms with van der Waals surface area (Å²) in [5, 5.41) is 4.08. The zero-order chi connectivity index (χ0) is 21.7. The van der Waals surface area contributed by atoms with Crippen molar-refractivity contribution in [2.45, 2.75) is 19.8 Å². The van der Waals surface area contributed by atoms with Crippen LogP contribution < -0.4 is 11.1 Å². The number of aromatic nitrogens is 4. The number of hydrogen-bond acceptors (Lipinski definition) is 5. The maximum Gasteiger partial charge on any atom is 0.229 e. The molecule has 1 aliphatic rings. The Morgan fingerprint density at radius 2 is 2.03 bits per heavy atom. The molecule has 1 amide bonds. The van der Waals surface area contributed by atoms with Gasteiger partial charge in [-0.25, -0.2) is 14.4 Å². The maximum absolute atomic E-state index is 15.0. The average Bonchev–Trinajstić information content (AvgIpc) is 3.16. The lowest BCUT2D eigenvalue weighted by molar-refractivity contribution is -0.117. The zero-order valence-corrected chi connectivity index (χ0v) is 17.1. The van der Waals surface area contributed by atoms with Gasteiger partial charge < -0.3 is 16.0 Å². The molecule has 1 fully saturated rings. The van der Waals surface area contributed by atoms with Gasteiger partial charge in [0.05, 0.1) is 17.9 Å². The monoisotopic (exact) mass is 416 g/mol. The second-order valence-corrected chi connectivity index (χ2v) is 8.04. The lowest BCUT2D eigenvalue weighted by atomic mass is 9.98. The molecule has 1 aromatic carbocycles. The van der Waals surface area contributed by atoms with Crippen molar-refractivity contribution < 1.29 is 9.18 Å². The predicted octanol–water partition coefficient (Wildman–Crippen LogP) is 4.04. The van der Waals surface area contributed by atoms with Crippen LogP contribution in [0.15, 0.2) is 49.3 Å². The fourth-order valence-electron chi connectivity index (χ4n) is 4.31. The Balaban J connectivity index is 1.47. The van der Waals surface area contributed by atoms with Crippen molar-refractivity contribution in [1.29, 1.82) is 0 Å². The molecule has 1 aliphatic carbocycles. The van der Waals surface area contributed by atoms with Crippen LogP contribution in [0.2, 0.25) is 0 Å². The number of aromatic amines is 1. The molecule has 3 aromatic heterocycles. The van der Waals surface area contributed by atoms with Crippen LogP contribution in [0.3, 0.4) is 0 Å². The number of pyridine rings is 2. The third-order valence-electron chi connectivity index (χ3n) is 6.14. The van der Waals surface area contributed by atoms with Gasteiger partial charge in [-0.15, -0.1) is 0 Å². The first kappa shape index (κ1) is 19.2. The number of rotatable bonds is 4. The number of amides is 1. The first-order chi connectivity index (χ1) is 15.0. The highest BCUT2D eigenvalue weighted by molar-refractivity contribution is 6.00. The number of nitrogens with two attached hydrogens (primary N) is 1. The summed E-state index contributed by atoms with van der Waals surface area (Å²) in [5.74, 6) is -0.0166. The smallest absolute Gasteiger partial charge is 0.229 e. The second kappa shape index (κ2) is 7.16. The molecule has 3 atom stereocenters. The molecule has 156 valence electrons. The van der Waals surface area contributed by atoms with Crippen LogP contribution in [0, 0.1) is 24.6 Å². The number of imidazole rings is 1. The summed E-state index contributed by atoms with van der Waals surface area (Å²) in [6.07, 6.45) is 8.14. The van der Waals surface area contributed by atoms with E-state index < -0.39 is 5.82 Å². The molecule has 31 heavy (non-hydrogen) atoms. The first-order valence-electron chi connectivity index (χ1n) is 10.0. The van der Waals surface area contributed by atoms with Gasteiger partial charge in [-0.2, -0.15) is 0 Å². The van der Waals surface area contributed by atoms with E-state index in [9.17, 15) is 9.18 Å². The number of nitrogen functional groups attached to an aromatic ring is 1. The summed E-state index contributed by atoms with van der Waals surface area (Å²) in [6.45, 7) is 3.93. The van der Waals surface area contributed by atoms with Gasteiger partial charge in [-0.1, -0.05) is 6.92 Å². The van der Waals surface area contributed by atoms with Gasteiger partial charge in [-0.05, 0) is 42.0 Å². The molecular formula is C23H21FN6O. The van der Waals surface area contributed by atoms with Crippen LogP contribution in [-0.4, -0.2) is 25.8 Å². The van der Waals surface area contributed by atoms with Gasteiger partial charge in [0, 0.05) is 52.9 Å². The molecule has 8 heteroatoms. The van der Waals surface area contributed by atoms with E-state index in [0.717, 1.165) is 11.3 Å². The number of benzene rings is 1. The highest BCUT2D eigenvalue weighted by atomic mass is 19.1. The van der Waals surface area contributed by atoms with Crippen LogP contribution in [0.5, 0.6) is 0 Å². The van der Waals surface area contributed by atoms with Crippen molar-refractivity contribution in [2.24, 2.45) is 11.8 Å². The molecule has 1 unspecified atom stereocenters. The number of fused-ring (bicyclic) bond motifs is 1. The quantitative estimate of drug-likeness (QED) is 0.435. The topological polar surface area (TPSA) is 110 Å². The number of carbonyl (C=O) groups excluding carboxylic acids is 1. The summed E-state index contributed by atoms with van der Waals surface area (Å²) in [7, 11) is 0. The van der Waals surface area contributed by atoms with E-state index in [-0.39, 0.29) is 29.3 Å². The molecule has 0 radical (unpaired) electrons. The summed E-state index contributed by atoms with van der Waals surface area (Å²) in [4.78, 5) is 28.3. The molecule has 0 saturated heterocycles. The van der Waals surface area contributed by atoms with Crippen molar-refractivity contribution in [2.75, 3.05) is 11.1 Å². The van der Waals surface area contributed by atoms with Gasteiger partial charge >= 0.3 is 0 Å². The van der Waals surface area contributed by atoms with Gasteiger partial charge in [0.1, 0.15) is 5.82 Å². The number of nitrogens with zero attached hydrogens (tertiary/aromatic N) is 3. The largest absolute Gasteiger partial charge is 0.396 e. The Kier molecular flexibility index (Phi) is 4.43. The molecule has 0 aliphatic heterocycles. The standard InChI is InChI=1S/C23H21FN6O/c1-11-3-4-26-7-15(11)14-5-13-6-18(28-8-16(13)22(25)21(14)24)30-23(31)20-12(2)19(20)17-9-27-10-29-17/h3-10,12,19-20H,25H2,1-2H3,(H,27,29)(H,28,30,31)/t12-,19?,20-/m1/s1. The molecule has 0 bridgehead atoms. The van der Waals surface area contributed by atoms with E-state index in [1.807, 2.05) is 19.9 Å². The Hall–Kier alpha value is -3.81. The molecule has 0 spiro atoms. The fraction of sp³-hybridized carbons (Fsp3) is 0.217. The number of H-pyrrole nitrogens is 1. The fourth-order valence-corrected chi connectivity index (χ4v) is 4.31. The Morgan fingerprint density at radius 3 is 2.77 bits per heavy atom. The lowest BCUT2D eigenvalue weighted by Gasteiger charge is -2.12. The Labute approximate surface area is 177 Å². The minimum atomic E-state index is -0.503. The summed E-state index contributed by atoms with van der Waals surface area (Å²) >= 11 is 0. The van der Waals surface area contributed by atoms with E-state index in [1.165, 1.54) is 6.20 Å². The SMILES string of the molecule is Cc1ccncc1-c1cc2cc(NC(=O)[C@H]3C(c4cnc[nH]4)[C@H]3C)ncc2c(N)c1F. The van der Waals surface area contributed by atoms with Gasteiger partial charge in [0.25, 0.3) is 0 Å². The number of aryl methyl sites for hydroxylation is 1. The third-order valence-corrected chi connectivity index (χ3v) is 6.14. The highest BCUT2D eigenvalue weighted by Gasteiger charge is 2.53. The molecule has 4 N–H and O–H groups in total. The van der Waals surface area contributed by atoms with Crippen molar-refractivity contribution in [3.63, 3.8) is 0 Å². The van der Waals surface area contributed by atoms with Crippen molar-refractivity contribution in [3.05, 3.63) is 66.4 Å². The third kappa shape index (κ3) is 3.20. The van der Waals surface area contributed by atoms with Crippen LogP contribution in [-0.2, 0) is 4.79 Å². The predicted molar refractivity (Wildman–Crippen MR) is 117 cm³/mol. The molecule has 4 aromatic rings. The molecular weight excluding hydrogens is 395 g/mol. The number of halogens is 1. The maximum atomic E-state index is 15.0. The van der Waals surface area contributed by atoms with Crippen LogP contribution in [0.25, 0.3) is 21.9 Å². The first-order valence-corrected chi connectivity index (χ1v) is 10.0. The lowest BCUT2D eigenvalue weighted by Crippen LogP contribution is -2.16. The van der Waals surface area contributed by atoms with Crippen molar-refractivity contribution in [1.82, 2.24) is 19.9 Å². The Bertz CT molecular complexity index is 1300. The molecule has 3 heterocycles. The van der Waals surface area contributed by atoms with Crippen LogP contribution >= 0.6 is 0 Å². The summed E-state index contributed by atoms with van der Waals surface area (Å²) in [5.41, 5.74) is 8.99. The average molecular weight is 416 g/mol. The van der Waals surface area contributed by atoms with E-state index in [1.54, 1.807) is 37.1 Å². The minimum Gasteiger partial charge on any atom is -0.396 e. The van der Waals surface area contributed by atoms with Crippen LogP contribution in [0.4, 0.5) is 15.9 Å². The number of anilines is 2. The number of nitrogens with one attached hydrogen (secondary N) is 2.